The van der Waals surface area contributed by atoms with Crippen molar-refractivity contribution in [2.75, 3.05) is 11.4 Å². The Bertz CT molecular complexity index is 311. The van der Waals surface area contributed by atoms with Gasteiger partial charge in [0.2, 0.25) is 0 Å². The summed E-state index contributed by atoms with van der Waals surface area (Å²) in [7, 11) is 0. The van der Waals surface area contributed by atoms with Gasteiger partial charge >= 0.3 is 0 Å². The van der Waals surface area contributed by atoms with Gasteiger partial charge in [-0.1, -0.05) is 6.92 Å². The van der Waals surface area contributed by atoms with Crippen molar-refractivity contribution < 1.29 is 9.52 Å². The summed E-state index contributed by atoms with van der Waals surface area (Å²) in [6.07, 6.45) is 6.37. The van der Waals surface area contributed by atoms with Crippen LogP contribution in [0.1, 0.15) is 38.3 Å². The molecule has 1 aromatic heterocycles. The van der Waals surface area contributed by atoms with E-state index in [1.54, 1.807) is 0 Å². The standard InChI is InChI=1S/C11H18N2O2/c1-2-10-5-3-4-6-13(10)11-12-9(7-14)8-15-11/h8,10,14H,2-7H2,1H3. The molecule has 0 radical (unpaired) electrons. The number of anilines is 1. The zero-order valence-electron chi connectivity index (χ0n) is 9.15. The number of hydrogen-bond donors (Lipinski definition) is 1. The van der Waals surface area contributed by atoms with Gasteiger partial charge in [-0.25, -0.2) is 0 Å². The van der Waals surface area contributed by atoms with Crippen LogP contribution in [0.2, 0.25) is 0 Å². The molecule has 2 heterocycles. The number of piperidine rings is 1. The quantitative estimate of drug-likeness (QED) is 0.828. The molecule has 0 bridgehead atoms. The molecule has 1 aliphatic rings. The lowest BCUT2D eigenvalue weighted by Crippen LogP contribution is -2.39. The number of hydrogen-bond acceptors (Lipinski definition) is 4. The summed E-state index contributed by atoms with van der Waals surface area (Å²) >= 11 is 0. The maximum absolute atomic E-state index is 8.93. The average Bonchev–Trinajstić information content (AvgIpc) is 2.77. The van der Waals surface area contributed by atoms with Gasteiger partial charge in [-0.15, -0.1) is 0 Å². The van der Waals surface area contributed by atoms with Gasteiger partial charge < -0.3 is 14.4 Å². The van der Waals surface area contributed by atoms with E-state index in [1.807, 2.05) is 0 Å². The van der Waals surface area contributed by atoms with Gasteiger partial charge in [0.25, 0.3) is 6.01 Å². The molecule has 1 saturated heterocycles. The van der Waals surface area contributed by atoms with E-state index in [0.29, 0.717) is 17.8 Å². The largest absolute Gasteiger partial charge is 0.432 e. The van der Waals surface area contributed by atoms with Crippen LogP contribution in [-0.2, 0) is 6.61 Å². The second kappa shape index (κ2) is 4.66. The third-order valence-electron chi connectivity index (χ3n) is 3.05. The van der Waals surface area contributed by atoms with Crippen molar-refractivity contribution in [2.24, 2.45) is 0 Å². The molecule has 1 N–H and O–H groups in total. The molecule has 0 aliphatic carbocycles. The smallest absolute Gasteiger partial charge is 0.297 e. The maximum Gasteiger partial charge on any atom is 0.297 e. The molecule has 1 aliphatic heterocycles. The first-order valence-corrected chi connectivity index (χ1v) is 5.67. The van der Waals surface area contributed by atoms with Gasteiger partial charge in [-0.3, -0.25) is 0 Å². The molecule has 0 spiro atoms. The van der Waals surface area contributed by atoms with E-state index in [-0.39, 0.29) is 6.61 Å². The Morgan fingerprint density at radius 3 is 3.13 bits per heavy atom. The van der Waals surface area contributed by atoms with Crippen molar-refractivity contribution in [3.63, 3.8) is 0 Å². The van der Waals surface area contributed by atoms with Gasteiger partial charge in [0, 0.05) is 12.6 Å². The molecule has 4 heteroatoms. The highest BCUT2D eigenvalue weighted by Gasteiger charge is 2.24. The molecule has 1 fully saturated rings. The van der Waals surface area contributed by atoms with Gasteiger partial charge in [-0.05, 0) is 25.7 Å². The molecule has 4 nitrogen and oxygen atoms in total. The fourth-order valence-corrected chi connectivity index (χ4v) is 2.18. The number of oxazole rings is 1. The summed E-state index contributed by atoms with van der Waals surface area (Å²) in [6.45, 7) is 3.16. The summed E-state index contributed by atoms with van der Waals surface area (Å²) in [5.74, 6) is 0. The van der Waals surface area contributed by atoms with Crippen molar-refractivity contribution >= 4 is 6.01 Å². The lowest BCUT2D eigenvalue weighted by atomic mass is 10.0. The van der Waals surface area contributed by atoms with Crippen LogP contribution in [-0.4, -0.2) is 22.7 Å². The molecule has 2 rings (SSSR count). The summed E-state index contributed by atoms with van der Waals surface area (Å²) in [5, 5.41) is 8.93. The first kappa shape index (κ1) is 10.5. The minimum Gasteiger partial charge on any atom is -0.432 e. The number of rotatable bonds is 3. The highest BCUT2D eigenvalue weighted by atomic mass is 16.4. The predicted octanol–water partition coefficient (Wildman–Crippen LogP) is 1.94. The Morgan fingerprint density at radius 2 is 2.47 bits per heavy atom. The normalized spacial score (nSPS) is 22.0. The van der Waals surface area contributed by atoms with E-state index < -0.39 is 0 Å². The van der Waals surface area contributed by atoms with Crippen LogP contribution in [0.4, 0.5) is 6.01 Å². The fraction of sp³-hybridized carbons (Fsp3) is 0.727. The average molecular weight is 210 g/mol. The monoisotopic (exact) mass is 210 g/mol. The Morgan fingerprint density at radius 1 is 1.60 bits per heavy atom. The SMILES string of the molecule is CCC1CCCCN1c1nc(CO)co1. The Labute approximate surface area is 89.9 Å². The lowest BCUT2D eigenvalue weighted by molar-refractivity contribution is 0.276. The van der Waals surface area contributed by atoms with Crippen LogP contribution in [0.3, 0.4) is 0 Å². The van der Waals surface area contributed by atoms with Crippen LogP contribution in [0.25, 0.3) is 0 Å². The molecule has 1 unspecified atom stereocenters. The van der Waals surface area contributed by atoms with Crippen LogP contribution in [0.5, 0.6) is 0 Å². The summed E-state index contributed by atoms with van der Waals surface area (Å²) in [4.78, 5) is 6.48. The highest BCUT2D eigenvalue weighted by molar-refractivity contribution is 5.29. The van der Waals surface area contributed by atoms with Crippen molar-refractivity contribution in [1.82, 2.24) is 4.98 Å². The minimum atomic E-state index is -0.0475. The summed E-state index contributed by atoms with van der Waals surface area (Å²) in [5.41, 5.74) is 0.616. The fourth-order valence-electron chi connectivity index (χ4n) is 2.18. The van der Waals surface area contributed by atoms with Crippen LogP contribution >= 0.6 is 0 Å². The Balaban J connectivity index is 2.12. The predicted molar refractivity (Wildman–Crippen MR) is 57.7 cm³/mol. The van der Waals surface area contributed by atoms with Gasteiger partial charge in [0.05, 0.1) is 6.61 Å². The molecule has 84 valence electrons. The van der Waals surface area contributed by atoms with Gasteiger partial charge in [-0.2, -0.15) is 4.98 Å². The van der Waals surface area contributed by atoms with Gasteiger partial charge in [0.15, 0.2) is 0 Å². The molecule has 1 aromatic rings. The molecular weight excluding hydrogens is 192 g/mol. The zero-order chi connectivity index (χ0) is 10.7. The number of aliphatic hydroxyl groups excluding tert-OH is 1. The molecule has 1 atom stereocenters. The topological polar surface area (TPSA) is 49.5 Å². The third-order valence-corrected chi connectivity index (χ3v) is 3.05. The van der Waals surface area contributed by atoms with E-state index in [1.165, 1.54) is 25.5 Å². The minimum absolute atomic E-state index is 0.0475. The third kappa shape index (κ3) is 2.15. The second-order valence-corrected chi connectivity index (χ2v) is 4.03. The van der Waals surface area contributed by atoms with Crippen LogP contribution < -0.4 is 4.90 Å². The summed E-state index contributed by atoms with van der Waals surface area (Å²) in [6, 6.07) is 1.22. The number of aliphatic hydroxyl groups is 1. The molecule has 15 heavy (non-hydrogen) atoms. The van der Waals surface area contributed by atoms with Crippen LogP contribution in [0, 0.1) is 0 Å². The van der Waals surface area contributed by atoms with Crippen LogP contribution in [0.15, 0.2) is 10.7 Å². The first-order chi connectivity index (χ1) is 7.35. The van der Waals surface area contributed by atoms with E-state index in [9.17, 15) is 0 Å². The molecule has 0 aromatic carbocycles. The van der Waals surface area contributed by atoms with Crippen molar-refractivity contribution in [3.05, 3.63) is 12.0 Å². The number of nitrogens with zero attached hydrogens (tertiary/aromatic N) is 2. The highest BCUT2D eigenvalue weighted by Crippen LogP contribution is 2.25. The van der Waals surface area contributed by atoms with Gasteiger partial charge in [0.1, 0.15) is 12.0 Å². The Kier molecular flexibility index (Phi) is 3.26. The Hall–Kier alpha value is -1.03. The van der Waals surface area contributed by atoms with E-state index in [2.05, 4.69) is 16.8 Å². The number of aromatic nitrogens is 1. The zero-order valence-corrected chi connectivity index (χ0v) is 9.15. The molecular formula is C11H18N2O2. The van der Waals surface area contributed by atoms with E-state index in [0.717, 1.165) is 13.0 Å². The summed E-state index contributed by atoms with van der Waals surface area (Å²) < 4.78 is 5.38. The second-order valence-electron chi connectivity index (χ2n) is 4.03. The van der Waals surface area contributed by atoms with E-state index in [4.69, 9.17) is 9.52 Å². The molecule has 0 amide bonds. The van der Waals surface area contributed by atoms with E-state index >= 15 is 0 Å². The van der Waals surface area contributed by atoms with Crippen molar-refractivity contribution in [1.29, 1.82) is 0 Å². The molecule has 0 saturated carbocycles. The van der Waals surface area contributed by atoms with Crippen molar-refractivity contribution in [3.8, 4) is 0 Å². The lowest BCUT2D eigenvalue weighted by Gasteiger charge is -2.33. The maximum atomic E-state index is 8.93. The van der Waals surface area contributed by atoms with Crippen molar-refractivity contribution in [2.45, 2.75) is 45.3 Å². The first-order valence-electron chi connectivity index (χ1n) is 5.67.